The quantitative estimate of drug-likeness (QED) is 0.699. The molecule has 2 aliphatic heterocycles. The first-order chi connectivity index (χ1) is 12.9. The number of carbonyl (C=O) groups is 1. The van der Waals surface area contributed by atoms with Crippen LogP contribution >= 0.6 is 11.8 Å². The molecule has 1 saturated heterocycles. The molecule has 2 aliphatic rings. The molecule has 1 unspecified atom stereocenters. The zero-order valence-corrected chi connectivity index (χ0v) is 16.8. The molecule has 1 fully saturated rings. The van der Waals surface area contributed by atoms with Crippen LogP contribution in [0.1, 0.15) is 17.8 Å². The molecule has 7 nitrogen and oxygen atoms in total. The van der Waals surface area contributed by atoms with Gasteiger partial charge in [-0.15, -0.1) is 10.2 Å². The Bertz CT molecular complexity index is 971. The van der Waals surface area contributed by atoms with Crippen LogP contribution in [0.4, 0.5) is 5.69 Å². The molecule has 9 heteroatoms. The maximum Gasteiger partial charge on any atom is 0.237 e. The fourth-order valence-electron chi connectivity index (χ4n) is 3.74. The van der Waals surface area contributed by atoms with Gasteiger partial charge in [0.15, 0.2) is 15.0 Å². The van der Waals surface area contributed by atoms with E-state index in [1.165, 1.54) is 17.3 Å². The van der Waals surface area contributed by atoms with Crippen molar-refractivity contribution in [3.63, 3.8) is 0 Å². The fourth-order valence-corrected chi connectivity index (χ4v) is 6.41. The summed E-state index contributed by atoms with van der Waals surface area (Å²) < 4.78 is 25.1. The predicted octanol–water partition coefficient (Wildman–Crippen LogP) is 1.47. The van der Waals surface area contributed by atoms with Gasteiger partial charge in [-0.2, -0.15) is 0 Å². The summed E-state index contributed by atoms with van der Waals surface area (Å²) in [6.45, 7) is 0.721. The number of anilines is 1. The monoisotopic (exact) mass is 406 g/mol. The average molecular weight is 407 g/mol. The third-order valence-electron chi connectivity index (χ3n) is 5.24. The summed E-state index contributed by atoms with van der Waals surface area (Å²) in [6.07, 6.45) is 2.19. The Labute approximate surface area is 163 Å². The topological polar surface area (TPSA) is 85.2 Å². The fraction of sp³-hybridized carbons (Fsp3) is 0.500. The number of fused-ring (bicyclic) bond motifs is 1. The molecule has 1 amide bonds. The molecule has 3 heterocycles. The van der Waals surface area contributed by atoms with E-state index in [9.17, 15) is 13.2 Å². The Morgan fingerprint density at radius 1 is 1.30 bits per heavy atom. The number of rotatable bonds is 5. The van der Waals surface area contributed by atoms with E-state index < -0.39 is 9.84 Å². The number of thioether (sulfide) groups is 1. The maximum absolute atomic E-state index is 12.6. The van der Waals surface area contributed by atoms with E-state index in [1.807, 2.05) is 34.7 Å². The van der Waals surface area contributed by atoms with Crippen molar-refractivity contribution in [2.45, 2.75) is 24.4 Å². The first kappa shape index (κ1) is 18.5. The summed E-state index contributed by atoms with van der Waals surface area (Å²) in [4.78, 5) is 14.5. The third-order valence-corrected chi connectivity index (χ3v) is 8.08. The lowest BCUT2D eigenvalue weighted by Crippen LogP contribution is -2.30. The van der Waals surface area contributed by atoms with Gasteiger partial charge in [0, 0.05) is 25.7 Å². The van der Waals surface area contributed by atoms with Crippen LogP contribution in [0.5, 0.6) is 0 Å². The molecule has 4 rings (SSSR count). The standard InChI is InChI=1S/C18H22N4O3S2/c1-21-16(10-13-7-9-27(24,25)12-13)19-20-18(21)26-11-17(23)22-8-6-14-4-2-3-5-15(14)22/h2-5,13H,6-12H2,1H3. The molecular formula is C18H22N4O3S2. The molecule has 0 radical (unpaired) electrons. The summed E-state index contributed by atoms with van der Waals surface area (Å²) in [6, 6.07) is 8.00. The molecule has 0 N–H and O–H groups in total. The van der Waals surface area contributed by atoms with Crippen LogP contribution in [0.2, 0.25) is 0 Å². The van der Waals surface area contributed by atoms with E-state index in [4.69, 9.17) is 0 Å². The molecule has 1 atom stereocenters. The number of para-hydroxylation sites is 1. The lowest BCUT2D eigenvalue weighted by Gasteiger charge is -2.16. The highest BCUT2D eigenvalue weighted by molar-refractivity contribution is 7.99. The number of hydrogen-bond donors (Lipinski definition) is 0. The number of nitrogens with zero attached hydrogens (tertiary/aromatic N) is 4. The Morgan fingerprint density at radius 3 is 2.89 bits per heavy atom. The van der Waals surface area contributed by atoms with Gasteiger partial charge in [-0.25, -0.2) is 8.42 Å². The number of aromatic nitrogens is 3. The van der Waals surface area contributed by atoms with Gasteiger partial charge in [-0.05, 0) is 30.4 Å². The van der Waals surface area contributed by atoms with E-state index in [-0.39, 0.29) is 23.3 Å². The second kappa shape index (κ2) is 7.27. The van der Waals surface area contributed by atoms with Crippen LogP contribution in [0, 0.1) is 5.92 Å². The SMILES string of the molecule is Cn1c(CC2CCS(=O)(=O)C2)nnc1SCC(=O)N1CCc2ccccc21. The van der Waals surface area contributed by atoms with Gasteiger partial charge in [0.25, 0.3) is 0 Å². The largest absolute Gasteiger partial charge is 0.311 e. The minimum absolute atomic E-state index is 0.0661. The zero-order chi connectivity index (χ0) is 19.0. The lowest BCUT2D eigenvalue weighted by molar-refractivity contribution is -0.116. The van der Waals surface area contributed by atoms with Crippen LogP contribution in [0.25, 0.3) is 0 Å². The Balaban J connectivity index is 1.37. The summed E-state index contributed by atoms with van der Waals surface area (Å²) in [5.41, 5.74) is 2.22. The number of sulfone groups is 1. The Morgan fingerprint density at radius 2 is 2.11 bits per heavy atom. The van der Waals surface area contributed by atoms with Gasteiger partial charge in [0.05, 0.1) is 17.3 Å². The van der Waals surface area contributed by atoms with Gasteiger partial charge in [0.2, 0.25) is 5.91 Å². The van der Waals surface area contributed by atoms with Crippen molar-refractivity contribution in [1.82, 2.24) is 14.8 Å². The van der Waals surface area contributed by atoms with Crippen molar-refractivity contribution in [2.24, 2.45) is 13.0 Å². The lowest BCUT2D eigenvalue weighted by atomic mass is 10.1. The van der Waals surface area contributed by atoms with Crippen molar-refractivity contribution in [3.8, 4) is 0 Å². The highest BCUT2D eigenvalue weighted by Crippen LogP contribution is 2.29. The van der Waals surface area contributed by atoms with Crippen LogP contribution in [-0.4, -0.2) is 52.9 Å². The Kier molecular flexibility index (Phi) is 4.98. The van der Waals surface area contributed by atoms with Crippen molar-refractivity contribution >= 4 is 33.2 Å². The molecule has 144 valence electrons. The van der Waals surface area contributed by atoms with Crippen molar-refractivity contribution < 1.29 is 13.2 Å². The van der Waals surface area contributed by atoms with E-state index in [1.54, 1.807) is 0 Å². The smallest absolute Gasteiger partial charge is 0.237 e. The maximum atomic E-state index is 12.6. The molecular weight excluding hydrogens is 384 g/mol. The van der Waals surface area contributed by atoms with E-state index in [2.05, 4.69) is 16.3 Å². The van der Waals surface area contributed by atoms with Crippen LogP contribution in [-0.2, 0) is 34.5 Å². The van der Waals surface area contributed by atoms with Gasteiger partial charge >= 0.3 is 0 Å². The molecule has 1 aromatic heterocycles. The van der Waals surface area contributed by atoms with Crippen LogP contribution in [0.3, 0.4) is 0 Å². The summed E-state index contributed by atoms with van der Waals surface area (Å²) in [5, 5.41) is 9.09. The van der Waals surface area contributed by atoms with Gasteiger partial charge in [-0.1, -0.05) is 30.0 Å². The normalized spacial score (nSPS) is 20.8. The van der Waals surface area contributed by atoms with Crippen molar-refractivity contribution in [1.29, 1.82) is 0 Å². The van der Waals surface area contributed by atoms with E-state index >= 15 is 0 Å². The number of amides is 1. The second-order valence-corrected chi connectivity index (χ2v) is 10.3. The third kappa shape index (κ3) is 3.89. The minimum atomic E-state index is -2.89. The summed E-state index contributed by atoms with van der Waals surface area (Å²) in [5.74, 6) is 1.75. The molecule has 27 heavy (non-hydrogen) atoms. The molecule has 2 aromatic rings. The highest BCUT2D eigenvalue weighted by atomic mass is 32.2. The minimum Gasteiger partial charge on any atom is -0.311 e. The van der Waals surface area contributed by atoms with Gasteiger partial charge < -0.3 is 9.47 Å². The summed E-state index contributed by atoms with van der Waals surface area (Å²) >= 11 is 1.38. The van der Waals surface area contributed by atoms with Crippen molar-refractivity contribution in [3.05, 3.63) is 35.7 Å². The first-order valence-electron chi connectivity index (χ1n) is 9.03. The average Bonchev–Trinajstić information content (AvgIpc) is 3.31. The zero-order valence-electron chi connectivity index (χ0n) is 15.2. The molecule has 0 bridgehead atoms. The molecule has 1 aromatic carbocycles. The van der Waals surface area contributed by atoms with Gasteiger partial charge in [-0.3, -0.25) is 4.79 Å². The van der Waals surface area contributed by atoms with Gasteiger partial charge in [0.1, 0.15) is 5.82 Å². The molecule has 0 aliphatic carbocycles. The second-order valence-electron chi connectivity index (χ2n) is 7.14. The van der Waals surface area contributed by atoms with E-state index in [0.717, 1.165) is 24.5 Å². The van der Waals surface area contributed by atoms with Crippen LogP contribution in [0.15, 0.2) is 29.4 Å². The van der Waals surface area contributed by atoms with Crippen molar-refractivity contribution in [2.75, 3.05) is 28.7 Å². The number of hydrogen-bond acceptors (Lipinski definition) is 6. The Hall–Kier alpha value is -1.87. The predicted molar refractivity (Wildman–Crippen MR) is 105 cm³/mol. The van der Waals surface area contributed by atoms with E-state index in [0.29, 0.717) is 23.8 Å². The number of carbonyl (C=O) groups excluding carboxylic acids is 1. The number of benzene rings is 1. The summed E-state index contributed by atoms with van der Waals surface area (Å²) in [7, 11) is -1.02. The molecule has 0 spiro atoms. The highest BCUT2D eigenvalue weighted by Gasteiger charge is 2.29. The molecule has 0 saturated carbocycles. The first-order valence-corrected chi connectivity index (χ1v) is 11.8. The van der Waals surface area contributed by atoms with Crippen LogP contribution < -0.4 is 4.90 Å².